The Labute approximate surface area is 145 Å². The zero-order valence-corrected chi connectivity index (χ0v) is 14.6. The van der Waals surface area contributed by atoms with Crippen molar-refractivity contribution in [3.63, 3.8) is 0 Å². The number of hydrogen-bond donors (Lipinski definition) is 2. The number of carbonyl (C=O) groups excluding carboxylic acids is 2. The average Bonchev–Trinajstić information content (AvgIpc) is 2.51. The molecule has 0 saturated heterocycles. The molecule has 3 N–H and O–H groups in total. The largest absolute Gasteiger partial charge is 0.452 e. The second-order valence-electron chi connectivity index (χ2n) is 5.57. The van der Waals surface area contributed by atoms with Gasteiger partial charge >= 0.3 is 5.97 Å². The van der Waals surface area contributed by atoms with E-state index in [0.717, 1.165) is 11.1 Å². The lowest BCUT2D eigenvalue weighted by molar-refractivity contribution is -0.119. The number of primary sulfonamides is 1. The highest BCUT2D eigenvalue weighted by Gasteiger charge is 2.13. The first kappa shape index (κ1) is 18.6. The van der Waals surface area contributed by atoms with Gasteiger partial charge in [-0.1, -0.05) is 23.3 Å². The summed E-state index contributed by atoms with van der Waals surface area (Å²) in [7, 11) is -3.87. The molecule has 2 aromatic rings. The van der Waals surface area contributed by atoms with Crippen molar-refractivity contribution >= 4 is 27.6 Å². The molecule has 8 heteroatoms. The van der Waals surface area contributed by atoms with Crippen LogP contribution in [-0.2, 0) is 19.6 Å². The molecule has 0 saturated carbocycles. The Kier molecular flexibility index (Phi) is 5.55. The maximum absolute atomic E-state index is 12.0. The maximum Gasteiger partial charge on any atom is 0.338 e. The predicted octanol–water partition coefficient (Wildman–Crippen LogP) is 1.75. The Morgan fingerprint density at radius 1 is 1.08 bits per heavy atom. The van der Waals surface area contributed by atoms with Crippen LogP contribution in [0.15, 0.2) is 47.4 Å². The highest BCUT2D eigenvalue weighted by atomic mass is 32.2. The summed E-state index contributed by atoms with van der Waals surface area (Å²) in [5, 5.41) is 7.48. The minimum atomic E-state index is -3.87. The number of nitrogens with two attached hydrogens (primary N) is 1. The Bertz CT molecular complexity index is 902. The Morgan fingerprint density at radius 3 is 2.32 bits per heavy atom. The van der Waals surface area contributed by atoms with Gasteiger partial charge in [-0.25, -0.2) is 18.4 Å². The fourth-order valence-electron chi connectivity index (χ4n) is 2.25. The van der Waals surface area contributed by atoms with Crippen molar-refractivity contribution in [3.05, 3.63) is 59.2 Å². The third-order valence-electron chi connectivity index (χ3n) is 3.24. The number of aryl methyl sites for hydroxylation is 2. The normalized spacial score (nSPS) is 11.0. The molecule has 0 atom stereocenters. The number of amides is 1. The van der Waals surface area contributed by atoms with Gasteiger partial charge < -0.3 is 10.1 Å². The molecule has 2 aromatic carbocycles. The molecule has 132 valence electrons. The number of ether oxygens (including phenoxy) is 1. The number of carbonyl (C=O) groups is 2. The molecule has 0 aromatic heterocycles. The third-order valence-corrected chi connectivity index (χ3v) is 4.15. The van der Waals surface area contributed by atoms with Crippen molar-refractivity contribution in [1.82, 2.24) is 0 Å². The minimum absolute atomic E-state index is 0.127. The molecule has 0 fully saturated rings. The lowest BCUT2D eigenvalue weighted by atomic mass is 10.1. The first-order chi connectivity index (χ1) is 11.6. The van der Waals surface area contributed by atoms with Crippen LogP contribution in [0.5, 0.6) is 0 Å². The smallest absolute Gasteiger partial charge is 0.338 e. The molecule has 2 rings (SSSR count). The number of sulfonamides is 1. The molecule has 0 aliphatic heterocycles. The summed E-state index contributed by atoms with van der Waals surface area (Å²) in [6.45, 7) is 3.22. The lowest BCUT2D eigenvalue weighted by Gasteiger charge is -2.08. The van der Waals surface area contributed by atoms with Crippen molar-refractivity contribution in [3.8, 4) is 0 Å². The van der Waals surface area contributed by atoms with E-state index in [1.165, 1.54) is 24.3 Å². The standard InChI is InChI=1S/C17H18N2O5S/c1-11-6-12(2)8-13(7-11)17(21)24-10-16(20)19-14-4-3-5-15(9-14)25(18,22)23/h3-9H,10H2,1-2H3,(H,19,20)(H2,18,22,23). The molecule has 0 bridgehead atoms. The summed E-state index contributed by atoms with van der Waals surface area (Å²) in [6, 6.07) is 10.7. The van der Waals surface area contributed by atoms with Crippen LogP contribution in [0.1, 0.15) is 21.5 Å². The molecule has 0 heterocycles. The van der Waals surface area contributed by atoms with Gasteiger partial charge in [0.25, 0.3) is 5.91 Å². The molecule has 25 heavy (non-hydrogen) atoms. The van der Waals surface area contributed by atoms with Crippen molar-refractivity contribution in [2.45, 2.75) is 18.7 Å². The summed E-state index contributed by atoms with van der Waals surface area (Å²) in [4.78, 5) is 23.7. The molecule has 1 amide bonds. The fraction of sp³-hybridized carbons (Fsp3) is 0.176. The number of rotatable bonds is 5. The van der Waals surface area contributed by atoms with Gasteiger partial charge in [-0.15, -0.1) is 0 Å². The molecule has 0 spiro atoms. The van der Waals surface area contributed by atoms with Crippen LogP contribution >= 0.6 is 0 Å². The molecule has 7 nitrogen and oxygen atoms in total. The van der Waals surface area contributed by atoms with E-state index in [9.17, 15) is 18.0 Å². The monoisotopic (exact) mass is 362 g/mol. The van der Waals surface area contributed by atoms with Crippen LogP contribution < -0.4 is 10.5 Å². The van der Waals surface area contributed by atoms with E-state index in [0.29, 0.717) is 5.56 Å². The quantitative estimate of drug-likeness (QED) is 0.786. The number of benzene rings is 2. The van der Waals surface area contributed by atoms with Gasteiger partial charge in [0.15, 0.2) is 6.61 Å². The SMILES string of the molecule is Cc1cc(C)cc(C(=O)OCC(=O)Nc2cccc(S(N)(=O)=O)c2)c1. The highest BCUT2D eigenvalue weighted by Crippen LogP contribution is 2.14. The molecule has 0 unspecified atom stereocenters. The van der Waals surface area contributed by atoms with E-state index in [1.54, 1.807) is 12.1 Å². The zero-order chi connectivity index (χ0) is 18.6. The fourth-order valence-corrected chi connectivity index (χ4v) is 2.81. The summed E-state index contributed by atoms with van der Waals surface area (Å²) in [5.74, 6) is -1.20. The van der Waals surface area contributed by atoms with E-state index in [2.05, 4.69) is 5.32 Å². The number of esters is 1. The summed E-state index contributed by atoms with van der Waals surface area (Å²) in [6.07, 6.45) is 0. The third kappa shape index (κ3) is 5.40. The maximum atomic E-state index is 12.0. The van der Waals surface area contributed by atoms with Crippen molar-refractivity contribution in [2.24, 2.45) is 5.14 Å². The molecule has 0 radical (unpaired) electrons. The van der Waals surface area contributed by atoms with Gasteiger partial charge in [0, 0.05) is 5.69 Å². The lowest BCUT2D eigenvalue weighted by Crippen LogP contribution is -2.21. The van der Waals surface area contributed by atoms with Crippen molar-refractivity contribution in [1.29, 1.82) is 0 Å². The van der Waals surface area contributed by atoms with Crippen LogP contribution in [0.4, 0.5) is 5.69 Å². The van der Waals surface area contributed by atoms with Gasteiger partial charge in [0.2, 0.25) is 10.0 Å². The Balaban J connectivity index is 1.98. The molecule has 0 aliphatic carbocycles. The molecule has 0 aliphatic rings. The van der Waals surface area contributed by atoms with E-state index >= 15 is 0 Å². The van der Waals surface area contributed by atoms with Crippen molar-refractivity contribution in [2.75, 3.05) is 11.9 Å². The van der Waals surface area contributed by atoms with Crippen LogP contribution in [-0.4, -0.2) is 26.9 Å². The Morgan fingerprint density at radius 2 is 1.72 bits per heavy atom. The van der Waals surface area contributed by atoms with E-state index in [-0.39, 0.29) is 10.6 Å². The van der Waals surface area contributed by atoms with E-state index < -0.39 is 28.5 Å². The first-order valence-electron chi connectivity index (χ1n) is 7.33. The first-order valence-corrected chi connectivity index (χ1v) is 8.88. The summed E-state index contributed by atoms with van der Waals surface area (Å²) >= 11 is 0. The van der Waals surface area contributed by atoms with Gasteiger partial charge in [0.1, 0.15) is 0 Å². The van der Waals surface area contributed by atoms with E-state index in [4.69, 9.17) is 9.88 Å². The molecular weight excluding hydrogens is 344 g/mol. The zero-order valence-electron chi connectivity index (χ0n) is 13.8. The van der Waals surface area contributed by atoms with E-state index in [1.807, 2.05) is 19.9 Å². The average molecular weight is 362 g/mol. The van der Waals surface area contributed by atoms with Crippen LogP contribution in [0.2, 0.25) is 0 Å². The topological polar surface area (TPSA) is 116 Å². The molecular formula is C17H18N2O5S. The van der Waals surface area contributed by atoms with Gasteiger partial charge in [0.05, 0.1) is 10.5 Å². The number of anilines is 1. The number of hydrogen-bond acceptors (Lipinski definition) is 5. The second-order valence-corrected chi connectivity index (χ2v) is 7.13. The minimum Gasteiger partial charge on any atom is -0.452 e. The Hall–Kier alpha value is -2.71. The number of nitrogens with one attached hydrogen (secondary N) is 1. The van der Waals surface area contributed by atoms with Crippen LogP contribution in [0.25, 0.3) is 0 Å². The summed E-state index contributed by atoms with van der Waals surface area (Å²) in [5.41, 5.74) is 2.42. The van der Waals surface area contributed by atoms with Crippen LogP contribution in [0.3, 0.4) is 0 Å². The summed E-state index contributed by atoms with van der Waals surface area (Å²) < 4.78 is 27.6. The van der Waals surface area contributed by atoms with Crippen LogP contribution in [0, 0.1) is 13.8 Å². The second kappa shape index (κ2) is 7.45. The van der Waals surface area contributed by atoms with Gasteiger partial charge in [-0.05, 0) is 44.2 Å². The predicted molar refractivity (Wildman–Crippen MR) is 92.6 cm³/mol. The van der Waals surface area contributed by atoms with Gasteiger partial charge in [-0.3, -0.25) is 4.79 Å². The van der Waals surface area contributed by atoms with Crippen molar-refractivity contribution < 1.29 is 22.7 Å². The highest BCUT2D eigenvalue weighted by molar-refractivity contribution is 7.89. The van der Waals surface area contributed by atoms with Gasteiger partial charge in [-0.2, -0.15) is 0 Å².